The number of sulfonamides is 1. The van der Waals surface area contributed by atoms with Crippen molar-refractivity contribution in [3.8, 4) is 0 Å². The molecule has 1 amide bonds. The normalized spacial score (nSPS) is 16.0. The number of nitrogens with zero attached hydrogens (tertiary/aromatic N) is 2. The van der Waals surface area contributed by atoms with Gasteiger partial charge in [-0.05, 0) is 43.5 Å². The largest absolute Gasteiger partial charge is 0.338 e. The molecule has 0 aromatic heterocycles. The highest BCUT2D eigenvalue weighted by Gasteiger charge is 2.34. The van der Waals surface area contributed by atoms with Crippen LogP contribution >= 0.6 is 23.2 Å². The van der Waals surface area contributed by atoms with Gasteiger partial charge >= 0.3 is 0 Å². The van der Waals surface area contributed by atoms with Gasteiger partial charge in [-0.2, -0.15) is 4.31 Å². The molecule has 2 aromatic rings. The Morgan fingerprint density at radius 1 is 1.10 bits per heavy atom. The molecule has 2 aromatic carbocycles. The van der Waals surface area contributed by atoms with Crippen molar-refractivity contribution in [3.05, 3.63) is 64.1 Å². The van der Waals surface area contributed by atoms with Crippen LogP contribution in [0.25, 0.3) is 0 Å². The standard InChI is InChI=1S/C21H24Cl2N2O3S/c1-2-24(15-16-6-4-3-5-7-16)21(26)17-10-12-25(13-11-17)29(27,28)20-14-18(22)8-9-19(20)23/h3-9,14,17H,2,10-13,15H2,1H3. The van der Waals surface area contributed by atoms with E-state index >= 15 is 0 Å². The average Bonchev–Trinajstić information content (AvgIpc) is 2.74. The number of carbonyl (C=O) groups excluding carboxylic acids is 1. The number of piperidine rings is 1. The van der Waals surface area contributed by atoms with Gasteiger partial charge in [0, 0.05) is 37.1 Å². The molecule has 0 spiro atoms. The number of halogens is 2. The molecule has 0 radical (unpaired) electrons. The average molecular weight is 455 g/mol. The highest BCUT2D eigenvalue weighted by Crippen LogP contribution is 2.31. The first-order valence-electron chi connectivity index (χ1n) is 9.61. The molecule has 5 nitrogen and oxygen atoms in total. The molecule has 3 rings (SSSR count). The van der Waals surface area contributed by atoms with Gasteiger partial charge in [-0.1, -0.05) is 53.5 Å². The maximum Gasteiger partial charge on any atom is 0.244 e. The Bertz CT molecular complexity index is 959. The lowest BCUT2D eigenvalue weighted by molar-refractivity contribution is -0.137. The minimum atomic E-state index is -3.75. The summed E-state index contributed by atoms with van der Waals surface area (Å²) < 4.78 is 27.3. The van der Waals surface area contributed by atoms with E-state index in [1.165, 1.54) is 16.4 Å². The fraction of sp³-hybridized carbons (Fsp3) is 0.381. The Labute approximate surface area is 182 Å². The van der Waals surface area contributed by atoms with Gasteiger partial charge in [0.25, 0.3) is 0 Å². The number of hydrogen-bond acceptors (Lipinski definition) is 3. The first kappa shape index (κ1) is 22.1. The van der Waals surface area contributed by atoms with E-state index in [1.807, 2.05) is 42.2 Å². The Morgan fingerprint density at radius 3 is 2.38 bits per heavy atom. The fourth-order valence-corrected chi connectivity index (χ4v) is 5.77. The second-order valence-corrected chi connectivity index (χ2v) is 9.84. The Kier molecular flexibility index (Phi) is 7.22. The van der Waals surface area contributed by atoms with E-state index < -0.39 is 10.0 Å². The van der Waals surface area contributed by atoms with E-state index in [0.717, 1.165) is 5.56 Å². The lowest BCUT2D eigenvalue weighted by atomic mass is 9.96. The molecule has 29 heavy (non-hydrogen) atoms. The van der Waals surface area contributed by atoms with Crippen LogP contribution in [0.5, 0.6) is 0 Å². The summed E-state index contributed by atoms with van der Waals surface area (Å²) in [6.45, 7) is 3.70. The third-order valence-corrected chi connectivity index (χ3v) is 7.84. The zero-order chi connectivity index (χ0) is 21.0. The number of amides is 1. The highest BCUT2D eigenvalue weighted by molar-refractivity contribution is 7.89. The van der Waals surface area contributed by atoms with Crippen molar-refractivity contribution in [1.29, 1.82) is 0 Å². The second-order valence-electron chi connectivity index (χ2n) is 7.09. The van der Waals surface area contributed by atoms with E-state index in [-0.39, 0.29) is 34.8 Å². The van der Waals surface area contributed by atoms with Crippen LogP contribution in [-0.2, 0) is 21.4 Å². The zero-order valence-electron chi connectivity index (χ0n) is 16.2. The lowest BCUT2D eigenvalue weighted by Gasteiger charge is -2.33. The van der Waals surface area contributed by atoms with Gasteiger partial charge in [0.05, 0.1) is 5.02 Å². The summed E-state index contributed by atoms with van der Waals surface area (Å²) in [5.74, 6) is -0.103. The third-order valence-electron chi connectivity index (χ3n) is 5.22. The molecule has 0 bridgehead atoms. The minimum absolute atomic E-state index is 0.00991. The van der Waals surface area contributed by atoms with Crippen molar-refractivity contribution in [1.82, 2.24) is 9.21 Å². The summed E-state index contributed by atoms with van der Waals surface area (Å²) in [7, 11) is -3.75. The predicted molar refractivity (Wildman–Crippen MR) is 115 cm³/mol. The van der Waals surface area contributed by atoms with Crippen LogP contribution in [0.2, 0.25) is 10.0 Å². The topological polar surface area (TPSA) is 57.7 Å². The molecule has 1 heterocycles. The van der Waals surface area contributed by atoms with Gasteiger partial charge in [-0.15, -0.1) is 0 Å². The summed E-state index contributed by atoms with van der Waals surface area (Å²) in [5, 5.41) is 0.463. The van der Waals surface area contributed by atoms with Crippen LogP contribution in [0.4, 0.5) is 0 Å². The molecule has 0 unspecified atom stereocenters. The van der Waals surface area contributed by atoms with Crippen molar-refractivity contribution in [2.45, 2.75) is 31.2 Å². The van der Waals surface area contributed by atoms with Crippen LogP contribution in [0.3, 0.4) is 0 Å². The minimum Gasteiger partial charge on any atom is -0.338 e. The second kappa shape index (κ2) is 9.47. The van der Waals surface area contributed by atoms with E-state index in [0.29, 0.717) is 31.0 Å². The highest BCUT2D eigenvalue weighted by atomic mass is 35.5. The third kappa shape index (κ3) is 5.12. The molecule has 0 atom stereocenters. The van der Waals surface area contributed by atoms with Crippen LogP contribution in [0.1, 0.15) is 25.3 Å². The molecule has 1 saturated heterocycles. The van der Waals surface area contributed by atoms with Crippen molar-refractivity contribution < 1.29 is 13.2 Å². The summed E-state index contributed by atoms with van der Waals surface area (Å²) in [6, 6.07) is 14.3. The summed E-state index contributed by atoms with van der Waals surface area (Å²) in [4.78, 5) is 14.8. The summed E-state index contributed by atoms with van der Waals surface area (Å²) in [6.07, 6.45) is 0.975. The number of hydrogen-bond donors (Lipinski definition) is 0. The zero-order valence-corrected chi connectivity index (χ0v) is 18.6. The molecule has 8 heteroatoms. The van der Waals surface area contributed by atoms with Crippen molar-refractivity contribution in [2.75, 3.05) is 19.6 Å². The molecule has 1 aliphatic heterocycles. The van der Waals surface area contributed by atoms with Crippen LogP contribution in [0.15, 0.2) is 53.4 Å². The summed E-state index contributed by atoms with van der Waals surface area (Å²) >= 11 is 12.0. The predicted octanol–water partition coefficient (Wildman–Crippen LogP) is 4.44. The maximum absolute atomic E-state index is 13.0. The SMILES string of the molecule is CCN(Cc1ccccc1)C(=O)C1CCN(S(=O)(=O)c2cc(Cl)ccc2Cl)CC1. The van der Waals surface area contributed by atoms with E-state index in [1.54, 1.807) is 6.07 Å². The quantitative estimate of drug-likeness (QED) is 0.647. The van der Waals surface area contributed by atoms with E-state index in [2.05, 4.69) is 0 Å². The molecule has 1 fully saturated rings. The molecule has 156 valence electrons. The van der Waals surface area contributed by atoms with Gasteiger partial charge in [0.2, 0.25) is 15.9 Å². The Morgan fingerprint density at radius 2 is 1.76 bits per heavy atom. The van der Waals surface area contributed by atoms with Crippen molar-refractivity contribution >= 4 is 39.1 Å². The van der Waals surface area contributed by atoms with Gasteiger partial charge < -0.3 is 4.90 Å². The summed E-state index contributed by atoms with van der Waals surface area (Å²) in [5.41, 5.74) is 1.08. The van der Waals surface area contributed by atoms with Crippen molar-refractivity contribution in [2.24, 2.45) is 5.92 Å². The van der Waals surface area contributed by atoms with Crippen molar-refractivity contribution in [3.63, 3.8) is 0 Å². The van der Waals surface area contributed by atoms with E-state index in [9.17, 15) is 13.2 Å². The fourth-order valence-electron chi connectivity index (χ4n) is 3.56. The van der Waals surface area contributed by atoms with Gasteiger partial charge in [0.15, 0.2) is 0 Å². The monoisotopic (exact) mass is 454 g/mol. The molecular formula is C21H24Cl2N2O3S. The Hall–Kier alpha value is -1.60. The van der Waals surface area contributed by atoms with E-state index in [4.69, 9.17) is 23.2 Å². The molecule has 0 saturated carbocycles. The smallest absolute Gasteiger partial charge is 0.244 e. The first-order valence-corrected chi connectivity index (χ1v) is 11.8. The Balaban J connectivity index is 1.66. The number of carbonyl (C=O) groups is 1. The van der Waals surface area contributed by atoms with Gasteiger partial charge in [-0.3, -0.25) is 4.79 Å². The van der Waals surface area contributed by atoms with Gasteiger partial charge in [0.1, 0.15) is 4.90 Å². The number of rotatable bonds is 6. The lowest BCUT2D eigenvalue weighted by Crippen LogP contribution is -2.44. The number of benzene rings is 2. The molecule has 0 aliphatic carbocycles. The molecular weight excluding hydrogens is 431 g/mol. The molecule has 1 aliphatic rings. The maximum atomic E-state index is 13.0. The van der Waals surface area contributed by atoms with Crippen LogP contribution < -0.4 is 0 Å². The molecule has 0 N–H and O–H groups in total. The van der Waals surface area contributed by atoms with Crippen LogP contribution in [-0.4, -0.2) is 43.2 Å². The van der Waals surface area contributed by atoms with Crippen LogP contribution in [0, 0.1) is 5.92 Å². The first-order chi connectivity index (χ1) is 13.8. The van der Waals surface area contributed by atoms with Gasteiger partial charge in [-0.25, -0.2) is 8.42 Å².